The minimum Gasteiger partial charge on any atom is -0.351 e. The number of nitrogens with two attached hydrogens (primary N) is 1. The maximum absolute atomic E-state index is 13.0. The number of aromatic nitrogens is 2. The van der Waals surface area contributed by atoms with Crippen molar-refractivity contribution in [1.29, 1.82) is 0 Å². The predicted molar refractivity (Wildman–Crippen MR) is 113 cm³/mol. The Kier molecular flexibility index (Phi) is 5.57. The van der Waals surface area contributed by atoms with Gasteiger partial charge in [0, 0.05) is 18.0 Å². The summed E-state index contributed by atoms with van der Waals surface area (Å²) in [7, 11) is 1.62. The highest BCUT2D eigenvalue weighted by atomic mass is 32.2. The van der Waals surface area contributed by atoms with Gasteiger partial charge in [-0.25, -0.2) is 9.78 Å². The zero-order chi connectivity index (χ0) is 20.6. The van der Waals surface area contributed by atoms with Gasteiger partial charge in [-0.1, -0.05) is 30.0 Å². The molecule has 0 aliphatic rings. The molecule has 0 fully saturated rings. The monoisotopic (exact) mass is 416 g/mol. The Morgan fingerprint density at radius 3 is 2.64 bits per heavy atom. The molecule has 0 aliphatic carbocycles. The number of nitrogens with zero attached hydrogens (tertiary/aromatic N) is 2. The van der Waals surface area contributed by atoms with Crippen molar-refractivity contribution in [2.45, 2.75) is 31.2 Å². The number of imide groups is 1. The molecular weight excluding hydrogens is 396 g/mol. The minimum absolute atomic E-state index is 0.176. The van der Waals surface area contributed by atoms with E-state index in [0.29, 0.717) is 15.4 Å². The third kappa shape index (κ3) is 3.81. The predicted octanol–water partition coefficient (Wildman–Crippen LogP) is 2.95. The molecule has 2 heterocycles. The van der Waals surface area contributed by atoms with Crippen LogP contribution in [0.5, 0.6) is 0 Å². The molecule has 0 radical (unpaired) electrons. The maximum Gasteiger partial charge on any atom is 0.318 e. The van der Waals surface area contributed by atoms with Crippen molar-refractivity contribution < 1.29 is 9.59 Å². The number of hydrogen-bond acceptors (Lipinski definition) is 6. The second kappa shape index (κ2) is 7.76. The van der Waals surface area contributed by atoms with E-state index in [0.717, 1.165) is 28.5 Å². The molecule has 1 aromatic carbocycles. The molecule has 3 rings (SSSR count). The quantitative estimate of drug-likeness (QED) is 0.502. The maximum atomic E-state index is 13.0. The molecule has 0 spiro atoms. The number of hydrogen-bond donors (Lipinski definition) is 2. The Bertz CT molecular complexity index is 1150. The zero-order valence-electron chi connectivity index (χ0n) is 15.9. The summed E-state index contributed by atoms with van der Waals surface area (Å²) in [6, 6.07) is 5.19. The van der Waals surface area contributed by atoms with Crippen molar-refractivity contribution in [2.24, 2.45) is 12.8 Å². The second-order valence-corrected chi connectivity index (χ2v) is 8.67. The summed E-state index contributed by atoms with van der Waals surface area (Å²) in [6.07, 6.45) is 0. The fourth-order valence-electron chi connectivity index (χ4n) is 2.71. The highest BCUT2D eigenvalue weighted by Crippen LogP contribution is 2.33. The zero-order valence-corrected chi connectivity index (χ0v) is 17.5. The van der Waals surface area contributed by atoms with Crippen LogP contribution in [0.4, 0.5) is 4.79 Å². The van der Waals surface area contributed by atoms with Gasteiger partial charge in [-0.3, -0.25) is 19.5 Å². The van der Waals surface area contributed by atoms with Crippen molar-refractivity contribution in [2.75, 3.05) is 0 Å². The van der Waals surface area contributed by atoms with Gasteiger partial charge in [-0.05, 0) is 37.5 Å². The summed E-state index contributed by atoms with van der Waals surface area (Å²) in [4.78, 5) is 41.0. The molecule has 3 aromatic rings. The van der Waals surface area contributed by atoms with Crippen LogP contribution in [0.25, 0.3) is 21.3 Å². The molecule has 2 aromatic heterocycles. The largest absolute Gasteiger partial charge is 0.351 e. The van der Waals surface area contributed by atoms with E-state index < -0.39 is 17.2 Å². The van der Waals surface area contributed by atoms with Gasteiger partial charge >= 0.3 is 6.03 Å². The van der Waals surface area contributed by atoms with E-state index in [1.807, 2.05) is 36.7 Å². The lowest BCUT2D eigenvalue weighted by Gasteiger charge is -2.12. The Balaban J connectivity index is 2.03. The fraction of sp³-hybridized carbons (Fsp3) is 0.263. The van der Waals surface area contributed by atoms with Crippen molar-refractivity contribution in [1.82, 2.24) is 14.9 Å². The number of amides is 3. The molecule has 9 heteroatoms. The van der Waals surface area contributed by atoms with Gasteiger partial charge in [0.1, 0.15) is 4.83 Å². The average Bonchev–Trinajstić information content (AvgIpc) is 3.05. The van der Waals surface area contributed by atoms with Gasteiger partial charge in [-0.2, -0.15) is 0 Å². The first-order chi connectivity index (χ1) is 13.2. The Morgan fingerprint density at radius 1 is 1.29 bits per heavy atom. The molecule has 3 amide bonds. The lowest BCUT2D eigenvalue weighted by atomic mass is 10.0. The molecular formula is C19H20N4O3S2. The topological polar surface area (TPSA) is 107 Å². The SMILES string of the molecule is Cc1ccc(-c2csc3nc(SC(C)C(=O)NC(N)=O)n(C)c(=O)c23)cc1C. The van der Waals surface area contributed by atoms with Crippen LogP contribution in [0.3, 0.4) is 0 Å². The van der Waals surface area contributed by atoms with Crippen molar-refractivity contribution in [3.8, 4) is 11.1 Å². The van der Waals surface area contributed by atoms with Crippen molar-refractivity contribution in [3.05, 3.63) is 45.1 Å². The summed E-state index contributed by atoms with van der Waals surface area (Å²) in [5.41, 5.74) is 8.98. The lowest BCUT2D eigenvalue weighted by Crippen LogP contribution is -2.39. The molecule has 0 saturated carbocycles. The number of benzene rings is 1. The summed E-state index contributed by atoms with van der Waals surface area (Å²) < 4.78 is 1.43. The highest BCUT2D eigenvalue weighted by molar-refractivity contribution is 8.00. The molecule has 0 saturated heterocycles. The molecule has 1 atom stereocenters. The van der Waals surface area contributed by atoms with Crippen LogP contribution in [0.1, 0.15) is 18.1 Å². The van der Waals surface area contributed by atoms with Crippen LogP contribution in [0, 0.1) is 13.8 Å². The molecule has 7 nitrogen and oxygen atoms in total. The van der Waals surface area contributed by atoms with E-state index in [-0.39, 0.29) is 5.56 Å². The first-order valence-corrected chi connectivity index (χ1v) is 10.3. The number of aryl methyl sites for hydroxylation is 2. The first kappa shape index (κ1) is 20.1. The van der Waals surface area contributed by atoms with E-state index in [1.165, 1.54) is 21.5 Å². The number of carbonyl (C=O) groups is 2. The normalized spacial score (nSPS) is 12.1. The van der Waals surface area contributed by atoms with E-state index >= 15 is 0 Å². The van der Waals surface area contributed by atoms with E-state index in [4.69, 9.17) is 5.73 Å². The molecule has 146 valence electrons. The number of rotatable bonds is 4. The number of thiophene rings is 1. The van der Waals surface area contributed by atoms with Crippen LogP contribution >= 0.6 is 23.1 Å². The third-order valence-electron chi connectivity index (χ3n) is 4.49. The number of carbonyl (C=O) groups excluding carboxylic acids is 2. The van der Waals surface area contributed by atoms with Crippen LogP contribution in [0.15, 0.2) is 33.5 Å². The standard InChI is InChI=1S/C19H20N4O3S2/c1-9-5-6-12(7-10(9)2)13-8-27-16-14(13)17(25)23(4)19(22-16)28-11(3)15(24)21-18(20)26/h5-8,11H,1-4H3,(H3,20,21,24,26). The van der Waals surface area contributed by atoms with E-state index in [1.54, 1.807) is 14.0 Å². The summed E-state index contributed by atoms with van der Waals surface area (Å²) in [5, 5.41) is 4.30. The van der Waals surface area contributed by atoms with Crippen molar-refractivity contribution >= 4 is 45.3 Å². The summed E-state index contributed by atoms with van der Waals surface area (Å²) in [6.45, 7) is 5.70. The molecule has 0 bridgehead atoms. The van der Waals surface area contributed by atoms with Gasteiger partial charge < -0.3 is 5.73 Å². The highest BCUT2D eigenvalue weighted by Gasteiger charge is 2.21. The smallest absolute Gasteiger partial charge is 0.318 e. The number of primary amides is 1. The molecule has 1 unspecified atom stereocenters. The lowest BCUT2D eigenvalue weighted by molar-refractivity contribution is -0.119. The average molecular weight is 417 g/mol. The van der Waals surface area contributed by atoms with E-state index in [9.17, 15) is 14.4 Å². The first-order valence-electron chi connectivity index (χ1n) is 8.52. The van der Waals surface area contributed by atoms with Gasteiger partial charge in [-0.15, -0.1) is 11.3 Å². The molecule has 0 aliphatic heterocycles. The number of fused-ring (bicyclic) bond motifs is 1. The van der Waals surface area contributed by atoms with Crippen molar-refractivity contribution in [3.63, 3.8) is 0 Å². The fourth-order valence-corrected chi connectivity index (χ4v) is 4.58. The molecule has 28 heavy (non-hydrogen) atoms. The Labute approximate surface area is 170 Å². The number of urea groups is 1. The van der Waals surface area contributed by atoms with Gasteiger partial charge in [0.15, 0.2) is 5.16 Å². The van der Waals surface area contributed by atoms with Crippen LogP contribution in [0.2, 0.25) is 0 Å². The number of thioether (sulfide) groups is 1. The van der Waals surface area contributed by atoms with Gasteiger partial charge in [0.25, 0.3) is 5.56 Å². The van der Waals surface area contributed by atoms with Crippen LogP contribution < -0.4 is 16.6 Å². The summed E-state index contributed by atoms with van der Waals surface area (Å²) in [5.74, 6) is -0.533. The van der Waals surface area contributed by atoms with Crippen LogP contribution in [-0.2, 0) is 11.8 Å². The number of nitrogens with one attached hydrogen (secondary N) is 1. The Morgan fingerprint density at radius 2 is 2.00 bits per heavy atom. The summed E-state index contributed by atoms with van der Waals surface area (Å²) >= 11 is 2.49. The second-order valence-electron chi connectivity index (χ2n) is 6.50. The Hall–Kier alpha value is -2.65. The van der Waals surface area contributed by atoms with Gasteiger partial charge in [0.2, 0.25) is 5.91 Å². The van der Waals surface area contributed by atoms with E-state index in [2.05, 4.69) is 11.1 Å². The molecule has 3 N–H and O–H groups in total. The van der Waals surface area contributed by atoms with Crippen LogP contribution in [-0.4, -0.2) is 26.7 Å². The minimum atomic E-state index is -0.911. The van der Waals surface area contributed by atoms with Gasteiger partial charge in [0.05, 0.1) is 10.6 Å². The third-order valence-corrected chi connectivity index (χ3v) is 6.51.